The van der Waals surface area contributed by atoms with E-state index in [1.807, 2.05) is 25.1 Å². The lowest BCUT2D eigenvalue weighted by Crippen LogP contribution is -3.12. The largest absolute Gasteiger partial charge is 0.494 e. The second-order valence-electron chi connectivity index (χ2n) is 6.20. The number of nitrogens with zero attached hydrogens (tertiary/aromatic N) is 2. The predicted octanol–water partition coefficient (Wildman–Crippen LogP) is 2.86. The summed E-state index contributed by atoms with van der Waals surface area (Å²) in [6.45, 7) is 10.4. The van der Waals surface area contributed by atoms with Crippen LogP contribution in [0.3, 0.4) is 0 Å². The Bertz CT molecular complexity index is 872. The Labute approximate surface area is 163 Å². The number of hydrogen-bond acceptors (Lipinski definition) is 5. The molecule has 0 bridgehead atoms. The summed E-state index contributed by atoms with van der Waals surface area (Å²) in [6, 6.07) is 9.25. The van der Waals surface area contributed by atoms with Gasteiger partial charge in [-0.05, 0) is 51.1 Å². The molecule has 6 nitrogen and oxygen atoms in total. The van der Waals surface area contributed by atoms with E-state index in [0.29, 0.717) is 24.0 Å². The normalized spacial score (nSPS) is 11.3. The number of thiazole rings is 1. The molecule has 0 fully saturated rings. The van der Waals surface area contributed by atoms with Crippen LogP contribution in [0.2, 0.25) is 0 Å². The maximum atomic E-state index is 13.0. The number of anilines is 1. The van der Waals surface area contributed by atoms with Gasteiger partial charge >= 0.3 is 0 Å². The van der Waals surface area contributed by atoms with Crippen LogP contribution in [0.25, 0.3) is 10.2 Å². The highest BCUT2D eigenvalue weighted by Gasteiger charge is 2.24. The van der Waals surface area contributed by atoms with E-state index in [4.69, 9.17) is 14.1 Å². The van der Waals surface area contributed by atoms with Gasteiger partial charge in [-0.1, -0.05) is 11.3 Å². The molecule has 2 aromatic heterocycles. The molecule has 0 spiro atoms. The highest BCUT2D eigenvalue weighted by Crippen LogP contribution is 2.32. The zero-order valence-electron chi connectivity index (χ0n) is 16.0. The monoisotopic (exact) mass is 388 g/mol. The van der Waals surface area contributed by atoms with Crippen molar-refractivity contribution >= 4 is 32.6 Å². The van der Waals surface area contributed by atoms with Crippen molar-refractivity contribution in [3.05, 3.63) is 42.4 Å². The molecule has 0 aliphatic rings. The molecule has 1 N–H and O–H groups in total. The molecular weight excluding hydrogens is 362 g/mol. The summed E-state index contributed by atoms with van der Waals surface area (Å²) in [6.07, 6.45) is 1.52. The van der Waals surface area contributed by atoms with Gasteiger partial charge in [-0.3, -0.25) is 9.69 Å². The lowest BCUT2D eigenvalue weighted by Gasteiger charge is -2.22. The summed E-state index contributed by atoms with van der Waals surface area (Å²) >= 11 is 1.50. The van der Waals surface area contributed by atoms with Gasteiger partial charge in [0.25, 0.3) is 5.91 Å². The predicted molar refractivity (Wildman–Crippen MR) is 108 cm³/mol. The Morgan fingerprint density at radius 1 is 1.26 bits per heavy atom. The number of carbonyl (C=O) groups is 1. The van der Waals surface area contributed by atoms with Gasteiger partial charge in [-0.2, -0.15) is 0 Å². The van der Waals surface area contributed by atoms with Crippen molar-refractivity contribution < 1.29 is 18.8 Å². The Kier molecular flexibility index (Phi) is 6.47. The van der Waals surface area contributed by atoms with Crippen LogP contribution in [0.15, 0.2) is 41.0 Å². The fourth-order valence-corrected chi connectivity index (χ4v) is 3.97. The fraction of sp³-hybridized carbons (Fsp3) is 0.400. The van der Waals surface area contributed by atoms with Gasteiger partial charge in [0.05, 0.1) is 49.3 Å². The molecule has 2 heterocycles. The van der Waals surface area contributed by atoms with Crippen molar-refractivity contribution in [2.24, 2.45) is 0 Å². The molecule has 1 aromatic carbocycles. The molecular formula is C20H26N3O3S+. The number of fused-ring (bicyclic) bond motifs is 1. The third-order valence-corrected chi connectivity index (χ3v) is 5.60. The van der Waals surface area contributed by atoms with Crippen molar-refractivity contribution in [3.8, 4) is 5.75 Å². The number of benzene rings is 1. The number of rotatable bonds is 9. The van der Waals surface area contributed by atoms with Gasteiger partial charge < -0.3 is 14.1 Å². The van der Waals surface area contributed by atoms with E-state index in [2.05, 4.69) is 13.8 Å². The molecule has 0 aliphatic heterocycles. The smallest absolute Gasteiger partial charge is 0.295 e. The lowest BCUT2D eigenvalue weighted by molar-refractivity contribution is -0.894. The SMILES string of the molecule is CCOc1ccc2nc(N(CC[NH+](CC)CC)C(=O)c3ccco3)sc2c1. The maximum absolute atomic E-state index is 13.0. The number of amides is 1. The Hall–Kier alpha value is -2.38. The standard InChI is InChI=1S/C20H25N3O3S/c1-4-22(5-2)11-12-23(19(24)17-8-7-13-26-17)20-21-16-10-9-15(25-6-3)14-18(16)27-20/h7-10,13-14H,4-6,11-12H2,1-3H3/p+1. The van der Waals surface area contributed by atoms with E-state index in [0.717, 1.165) is 35.6 Å². The summed E-state index contributed by atoms with van der Waals surface area (Å²) in [5.74, 6) is 0.992. The van der Waals surface area contributed by atoms with Crippen molar-refractivity contribution in [1.82, 2.24) is 4.98 Å². The van der Waals surface area contributed by atoms with Crippen LogP contribution in [0.4, 0.5) is 5.13 Å². The number of carbonyl (C=O) groups excluding carboxylic acids is 1. The van der Waals surface area contributed by atoms with Gasteiger partial charge in [-0.15, -0.1) is 0 Å². The first-order valence-corrected chi connectivity index (χ1v) is 10.2. The molecule has 27 heavy (non-hydrogen) atoms. The van der Waals surface area contributed by atoms with Gasteiger partial charge in [0.15, 0.2) is 10.9 Å². The first-order valence-electron chi connectivity index (χ1n) is 9.38. The molecule has 0 unspecified atom stereocenters. The van der Waals surface area contributed by atoms with E-state index in [-0.39, 0.29) is 5.91 Å². The van der Waals surface area contributed by atoms with Crippen molar-refractivity contribution in [3.63, 3.8) is 0 Å². The molecule has 0 saturated heterocycles. The zero-order valence-corrected chi connectivity index (χ0v) is 16.8. The van der Waals surface area contributed by atoms with Crippen LogP contribution < -0.4 is 14.5 Å². The third-order valence-electron chi connectivity index (χ3n) is 4.56. The van der Waals surface area contributed by atoms with Crippen molar-refractivity contribution in [2.45, 2.75) is 20.8 Å². The topological polar surface area (TPSA) is 60.0 Å². The minimum atomic E-state index is -0.157. The van der Waals surface area contributed by atoms with Crippen LogP contribution in [-0.4, -0.2) is 43.7 Å². The molecule has 3 rings (SSSR count). The number of hydrogen-bond donors (Lipinski definition) is 1. The summed E-state index contributed by atoms with van der Waals surface area (Å²) < 4.78 is 11.9. The molecule has 7 heteroatoms. The lowest BCUT2D eigenvalue weighted by atomic mass is 10.3. The third kappa shape index (κ3) is 4.48. The summed E-state index contributed by atoms with van der Waals surface area (Å²) in [5, 5.41) is 0.687. The summed E-state index contributed by atoms with van der Waals surface area (Å²) in [7, 11) is 0. The summed E-state index contributed by atoms with van der Waals surface area (Å²) in [5.41, 5.74) is 0.867. The van der Waals surface area contributed by atoms with Crippen LogP contribution in [-0.2, 0) is 0 Å². The highest BCUT2D eigenvalue weighted by atomic mass is 32.1. The molecule has 0 saturated carbocycles. The number of ether oxygens (including phenoxy) is 1. The summed E-state index contributed by atoms with van der Waals surface area (Å²) in [4.78, 5) is 20.9. The Morgan fingerprint density at radius 2 is 2.07 bits per heavy atom. The number of nitrogens with one attached hydrogen (secondary N) is 1. The van der Waals surface area contributed by atoms with E-state index < -0.39 is 0 Å². The average molecular weight is 389 g/mol. The highest BCUT2D eigenvalue weighted by molar-refractivity contribution is 7.22. The zero-order chi connectivity index (χ0) is 19.2. The minimum Gasteiger partial charge on any atom is -0.494 e. The van der Waals surface area contributed by atoms with Crippen molar-refractivity contribution in [2.75, 3.05) is 37.7 Å². The van der Waals surface area contributed by atoms with Gasteiger partial charge in [0.1, 0.15) is 5.75 Å². The second-order valence-corrected chi connectivity index (χ2v) is 7.21. The van der Waals surface area contributed by atoms with Crippen LogP contribution in [0.5, 0.6) is 5.75 Å². The van der Waals surface area contributed by atoms with E-state index in [1.54, 1.807) is 17.0 Å². The quantitative estimate of drug-likeness (QED) is 0.612. The fourth-order valence-electron chi connectivity index (χ4n) is 2.96. The van der Waals surface area contributed by atoms with Crippen molar-refractivity contribution in [1.29, 1.82) is 0 Å². The van der Waals surface area contributed by atoms with Gasteiger partial charge in [0, 0.05) is 0 Å². The van der Waals surface area contributed by atoms with Crippen LogP contribution >= 0.6 is 11.3 Å². The molecule has 0 aliphatic carbocycles. The van der Waals surface area contributed by atoms with E-state index in [1.165, 1.54) is 22.5 Å². The van der Waals surface area contributed by atoms with Crippen LogP contribution in [0, 0.1) is 0 Å². The minimum absolute atomic E-state index is 0.157. The first-order chi connectivity index (χ1) is 13.2. The molecule has 3 aromatic rings. The number of likely N-dealkylation sites (N-methyl/N-ethyl adjacent to an activating group) is 1. The van der Waals surface area contributed by atoms with Crippen LogP contribution in [0.1, 0.15) is 31.3 Å². The number of furan rings is 1. The molecule has 144 valence electrons. The molecule has 0 atom stereocenters. The average Bonchev–Trinajstić information content (AvgIpc) is 3.34. The van der Waals surface area contributed by atoms with E-state index in [9.17, 15) is 4.79 Å². The molecule has 1 amide bonds. The Balaban J connectivity index is 1.91. The van der Waals surface area contributed by atoms with E-state index >= 15 is 0 Å². The second kappa shape index (κ2) is 9.01. The molecule has 0 radical (unpaired) electrons. The number of aromatic nitrogens is 1. The van der Waals surface area contributed by atoms with Gasteiger partial charge in [0.2, 0.25) is 0 Å². The van der Waals surface area contributed by atoms with Gasteiger partial charge in [-0.25, -0.2) is 4.98 Å². The number of quaternary nitrogens is 1. The Morgan fingerprint density at radius 3 is 2.74 bits per heavy atom. The maximum Gasteiger partial charge on any atom is 0.295 e. The first kappa shape index (κ1) is 19.4.